The Labute approximate surface area is 97.3 Å². The zero-order valence-electron chi connectivity index (χ0n) is 10.2. The predicted octanol–water partition coefficient (Wildman–Crippen LogP) is 2.25. The van der Waals surface area contributed by atoms with Gasteiger partial charge in [0, 0.05) is 18.5 Å². The Morgan fingerprint density at radius 3 is 2.69 bits per heavy atom. The highest BCUT2D eigenvalue weighted by Crippen LogP contribution is 2.17. The van der Waals surface area contributed by atoms with Crippen molar-refractivity contribution in [3.8, 4) is 5.75 Å². The smallest absolute Gasteiger partial charge is 0.122 e. The minimum absolute atomic E-state index is 0.538. The molecule has 0 saturated heterocycles. The number of nitrogens with two attached hydrogens (primary N) is 1. The van der Waals surface area contributed by atoms with Gasteiger partial charge in [0.05, 0.1) is 12.9 Å². The fraction of sp³-hybridized carbons (Fsp3) is 0.462. The van der Waals surface area contributed by atoms with Crippen LogP contribution in [0.2, 0.25) is 0 Å². The quantitative estimate of drug-likeness (QED) is 0.611. The van der Waals surface area contributed by atoms with E-state index in [9.17, 15) is 0 Å². The Balaban J connectivity index is 2.68. The first kappa shape index (κ1) is 12.6. The summed E-state index contributed by atoms with van der Waals surface area (Å²) in [5, 5.41) is 0. The van der Waals surface area contributed by atoms with Gasteiger partial charge in [-0.25, -0.2) is 0 Å². The maximum absolute atomic E-state index is 5.87. The van der Waals surface area contributed by atoms with Gasteiger partial charge in [-0.2, -0.15) is 0 Å². The zero-order valence-corrected chi connectivity index (χ0v) is 10.2. The van der Waals surface area contributed by atoms with E-state index >= 15 is 0 Å². The SMILES string of the molecule is COc1ccccc1CC(N)=NCC(C)C. The van der Waals surface area contributed by atoms with Gasteiger partial charge in [0.15, 0.2) is 0 Å². The molecule has 88 valence electrons. The summed E-state index contributed by atoms with van der Waals surface area (Å²) in [7, 11) is 1.67. The van der Waals surface area contributed by atoms with Gasteiger partial charge in [-0.3, -0.25) is 4.99 Å². The third-order valence-corrected chi connectivity index (χ3v) is 2.22. The maximum atomic E-state index is 5.87. The lowest BCUT2D eigenvalue weighted by Gasteiger charge is -2.08. The predicted molar refractivity (Wildman–Crippen MR) is 68.0 cm³/mol. The molecule has 0 fully saturated rings. The fourth-order valence-electron chi connectivity index (χ4n) is 1.40. The van der Waals surface area contributed by atoms with E-state index in [1.54, 1.807) is 7.11 Å². The van der Waals surface area contributed by atoms with Crippen LogP contribution in [0.15, 0.2) is 29.3 Å². The summed E-state index contributed by atoms with van der Waals surface area (Å²) >= 11 is 0. The first-order chi connectivity index (χ1) is 7.63. The summed E-state index contributed by atoms with van der Waals surface area (Å²) in [6, 6.07) is 7.87. The third-order valence-electron chi connectivity index (χ3n) is 2.22. The fourth-order valence-corrected chi connectivity index (χ4v) is 1.40. The molecule has 0 spiro atoms. The van der Waals surface area contributed by atoms with Crippen molar-refractivity contribution < 1.29 is 4.74 Å². The van der Waals surface area contributed by atoms with E-state index in [1.807, 2.05) is 24.3 Å². The van der Waals surface area contributed by atoms with Crippen molar-refractivity contribution in [2.45, 2.75) is 20.3 Å². The molecule has 1 aromatic rings. The van der Waals surface area contributed by atoms with Gasteiger partial charge in [-0.05, 0) is 12.0 Å². The first-order valence-corrected chi connectivity index (χ1v) is 5.54. The van der Waals surface area contributed by atoms with Crippen LogP contribution in [0.25, 0.3) is 0 Å². The highest BCUT2D eigenvalue weighted by atomic mass is 16.5. The van der Waals surface area contributed by atoms with Crippen LogP contribution in [-0.2, 0) is 6.42 Å². The number of hydrogen-bond acceptors (Lipinski definition) is 2. The molecule has 2 N–H and O–H groups in total. The van der Waals surface area contributed by atoms with Crippen LogP contribution < -0.4 is 10.5 Å². The molecule has 0 unspecified atom stereocenters. The highest BCUT2D eigenvalue weighted by molar-refractivity contribution is 5.83. The van der Waals surface area contributed by atoms with Crippen molar-refractivity contribution in [2.24, 2.45) is 16.6 Å². The van der Waals surface area contributed by atoms with E-state index in [0.717, 1.165) is 17.9 Å². The average Bonchev–Trinajstić information content (AvgIpc) is 2.27. The number of hydrogen-bond donors (Lipinski definition) is 1. The van der Waals surface area contributed by atoms with Crippen LogP contribution in [0.4, 0.5) is 0 Å². The molecule has 0 heterocycles. The molecule has 3 heteroatoms. The van der Waals surface area contributed by atoms with Crippen LogP contribution in [0.1, 0.15) is 19.4 Å². The van der Waals surface area contributed by atoms with Crippen LogP contribution in [0.3, 0.4) is 0 Å². The molecule has 1 rings (SSSR count). The molecule has 0 aliphatic carbocycles. The molecule has 0 saturated carbocycles. The van der Waals surface area contributed by atoms with E-state index in [4.69, 9.17) is 10.5 Å². The van der Waals surface area contributed by atoms with E-state index in [-0.39, 0.29) is 0 Å². The number of amidine groups is 1. The van der Waals surface area contributed by atoms with Crippen molar-refractivity contribution in [2.75, 3.05) is 13.7 Å². The standard InChI is InChI=1S/C13H20N2O/c1-10(2)9-15-13(14)8-11-6-4-5-7-12(11)16-3/h4-7,10H,8-9H2,1-3H3,(H2,14,15). The molecular formula is C13H20N2O. The number of para-hydroxylation sites is 1. The van der Waals surface area contributed by atoms with Gasteiger partial charge >= 0.3 is 0 Å². The number of aliphatic imine (C=N–C) groups is 1. The topological polar surface area (TPSA) is 47.6 Å². The van der Waals surface area contributed by atoms with Crippen molar-refractivity contribution in [3.63, 3.8) is 0 Å². The van der Waals surface area contributed by atoms with E-state index in [2.05, 4.69) is 18.8 Å². The Morgan fingerprint density at radius 1 is 1.38 bits per heavy atom. The minimum Gasteiger partial charge on any atom is -0.496 e. The second kappa shape index (κ2) is 6.16. The van der Waals surface area contributed by atoms with Crippen LogP contribution in [0, 0.1) is 5.92 Å². The van der Waals surface area contributed by atoms with E-state index < -0.39 is 0 Å². The first-order valence-electron chi connectivity index (χ1n) is 5.54. The van der Waals surface area contributed by atoms with Crippen molar-refractivity contribution >= 4 is 5.84 Å². The summed E-state index contributed by atoms with van der Waals surface area (Å²) in [5.74, 6) is 2.07. The Morgan fingerprint density at radius 2 is 2.06 bits per heavy atom. The van der Waals surface area contributed by atoms with E-state index in [0.29, 0.717) is 18.2 Å². The number of ether oxygens (including phenoxy) is 1. The summed E-state index contributed by atoms with van der Waals surface area (Å²) < 4.78 is 5.26. The van der Waals surface area contributed by atoms with Crippen LogP contribution in [-0.4, -0.2) is 19.5 Å². The van der Waals surface area contributed by atoms with Crippen LogP contribution in [0.5, 0.6) is 5.75 Å². The van der Waals surface area contributed by atoms with Gasteiger partial charge < -0.3 is 10.5 Å². The Kier molecular flexibility index (Phi) is 4.83. The monoisotopic (exact) mass is 220 g/mol. The lowest BCUT2D eigenvalue weighted by molar-refractivity contribution is 0.411. The Bertz CT molecular complexity index is 359. The van der Waals surface area contributed by atoms with Gasteiger partial charge in [-0.15, -0.1) is 0 Å². The largest absolute Gasteiger partial charge is 0.496 e. The van der Waals surface area contributed by atoms with Gasteiger partial charge in [0.2, 0.25) is 0 Å². The lowest BCUT2D eigenvalue weighted by Crippen LogP contribution is -2.17. The zero-order chi connectivity index (χ0) is 12.0. The van der Waals surface area contributed by atoms with Crippen molar-refractivity contribution in [3.05, 3.63) is 29.8 Å². The molecular weight excluding hydrogens is 200 g/mol. The average molecular weight is 220 g/mol. The van der Waals surface area contributed by atoms with Gasteiger partial charge in [0.25, 0.3) is 0 Å². The molecule has 0 aliphatic heterocycles. The normalized spacial score (nSPS) is 11.9. The highest BCUT2D eigenvalue weighted by Gasteiger charge is 2.03. The molecule has 16 heavy (non-hydrogen) atoms. The summed E-state index contributed by atoms with van der Waals surface area (Å²) in [6.45, 7) is 5.03. The van der Waals surface area contributed by atoms with Gasteiger partial charge in [0.1, 0.15) is 5.75 Å². The molecule has 1 aromatic carbocycles. The summed E-state index contributed by atoms with van der Waals surface area (Å²) in [6.07, 6.45) is 0.650. The third kappa shape index (κ3) is 3.93. The second-order valence-electron chi connectivity index (χ2n) is 4.21. The number of methoxy groups -OCH3 is 1. The number of benzene rings is 1. The maximum Gasteiger partial charge on any atom is 0.122 e. The van der Waals surface area contributed by atoms with Crippen LogP contribution >= 0.6 is 0 Å². The van der Waals surface area contributed by atoms with Gasteiger partial charge in [-0.1, -0.05) is 32.0 Å². The number of nitrogens with zero attached hydrogens (tertiary/aromatic N) is 1. The molecule has 0 bridgehead atoms. The second-order valence-corrected chi connectivity index (χ2v) is 4.21. The molecule has 0 aromatic heterocycles. The van der Waals surface area contributed by atoms with E-state index in [1.165, 1.54) is 0 Å². The molecule has 0 radical (unpaired) electrons. The minimum atomic E-state index is 0.538. The summed E-state index contributed by atoms with van der Waals surface area (Å²) in [4.78, 5) is 4.33. The molecule has 3 nitrogen and oxygen atoms in total. The molecule has 0 atom stereocenters. The summed E-state index contributed by atoms with van der Waals surface area (Å²) in [5.41, 5.74) is 6.95. The molecule has 0 aliphatic rings. The van der Waals surface area contributed by atoms with Crippen molar-refractivity contribution in [1.29, 1.82) is 0 Å². The number of rotatable bonds is 5. The lowest BCUT2D eigenvalue weighted by atomic mass is 10.1. The molecule has 0 amide bonds. The van der Waals surface area contributed by atoms with Crippen molar-refractivity contribution in [1.82, 2.24) is 0 Å². The Hall–Kier alpha value is -1.51.